The first-order chi connectivity index (χ1) is 11.4. The van der Waals surface area contributed by atoms with Crippen molar-refractivity contribution in [3.63, 3.8) is 0 Å². The minimum absolute atomic E-state index is 0.0686. The molecule has 0 aliphatic carbocycles. The number of hydrogen-bond donors (Lipinski definition) is 0. The van der Waals surface area contributed by atoms with Crippen molar-refractivity contribution in [1.82, 2.24) is 14.1 Å². The molecule has 0 bridgehead atoms. The third-order valence-electron chi connectivity index (χ3n) is 3.91. The van der Waals surface area contributed by atoms with Crippen LogP contribution in [-0.4, -0.2) is 78.7 Å². The van der Waals surface area contributed by atoms with Crippen LogP contribution in [0.3, 0.4) is 0 Å². The molecule has 7 nitrogen and oxygen atoms in total. The monoisotopic (exact) mass is 409 g/mol. The molecule has 0 unspecified atom stereocenters. The van der Waals surface area contributed by atoms with Crippen LogP contribution in [-0.2, 0) is 14.8 Å². The molecule has 1 aromatic heterocycles. The van der Waals surface area contributed by atoms with Gasteiger partial charge in [0.15, 0.2) is 0 Å². The molecule has 24 heavy (non-hydrogen) atoms. The molecule has 132 valence electrons. The number of carbonyl (C=O) groups excluding carboxylic acids is 2. The molecule has 2 fully saturated rings. The molecular weight excluding hydrogens is 394 g/mol. The van der Waals surface area contributed by atoms with Crippen LogP contribution in [0.25, 0.3) is 0 Å². The van der Waals surface area contributed by atoms with Gasteiger partial charge in [0, 0.05) is 38.5 Å². The van der Waals surface area contributed by atoms with Gasteiger partial charge in [-0.2, -0.15) is 4.31 Å². The fourth-order valence-electron chi connectivity index (χ4n) is 2.57. The third kappa shape index (κ3) is 3.72. The minimum Gasteiger partial charge on any atom is -0.339 e. The predicted octanol–water partition coefficient (Wildman–Crippen LogP) is 1.40. The predicted molar refractivity (Wildman–Crippen MR) is 94.1 cm³/mol. The fourth-order valence-corrected chi connectivity index (χ4v) is 6.46. The first-order valence-electron chi connectivity index (χ1n) is 7.33. The van der Waals surface area contributed by atoms with E-state index in [-0.39, 0.29) is 35.0 Å². The van der Waals surface area contributed by atoms with E-state index in [0.29, 0.717) is 29.7 Å². The maximum Gasteiger partial charge on any atom is 0.282 e. The highest BCUT2D eigenvalue weighted by Crippen LogP contribution is 2.28. The van der Waals surface area contributed by atoms with Crippen molar-refractivity contribution in [3.8, 4) is 0 Å². The summed E-state index contributed by atoms with van der Waals surface area (Å²) in [6.07, 6.45) is 0. The van der Waals surface area contributed by atoms with Gasteiger partial charge in [-0.3, -0.25) is 9.59 Å². The Morgan fingerprint density at radius 1 is 1.17 bits per heavy atom. The van der Waals surface area contributed by atoms with Crippen molar-refractivity contribution >= 4 is 55.9 Å². The van der Waals surface area contributed by atoms with Gasteiger partial charge in [-0.15, -0.1) is 11.3 Å². The second-order valence-electron chi connectivity index (χ2n) is 5.38. The van der Waals surface area contributed by atoms with Gasteiger partial charge in [0.2, 0.25) is 5.91 Å². The molecule has 0 saturated carbocycles. The van der Waals surface area contributed by atoms with Gasteiger partial charge >= 0.3 is 0 Å². The third-order valence-corrected chi connectivity index (χ3v) is 8.39. The van der Waals surface area contributed by atoms with Crippen LogP contribution in [0, 0.1) is 0 Å². The molecule has 2 aliphatic rings. The van der Waals surface area contributed by atoms with E-state index < -0.39 is 10.0 Å². The summed E-state index contributed by atoms with van der Waals surface area (Å²) in [5.41, 5.74) is 0. The number of thioether (sulfide) groups is 1. The Morgan fingerprint density at radius 3 is 2.42 bits per heavy atom. The van der Waals surface area contributed by atoms with Crippen molar-refractivity contribution < 1.29 is 18.0 Å². The van der Waals surface area contributed by atoms with Gasteiger partial charge in [-0.05, 0) is 12.1 Å². The molecule has 3 heterocycles. The van der Waals surface area contributed by atoms with Crippen molar-refractivity contribution in [2.45, 2.75) is 4.21 Å². The molecule has 3 rings (SSSR count). The molecule has 0 N–H and O–H groups in total. The smallest absolute Gasteiger partial charge is 0.282 e. The van der Waals surface area contributed by atoms with E-state index in [2.05, 4.69) is 0 Å². The number of nitrogens with zero attached hydrogens (tertiary/aromatic N) is 3. The first-order valence-corrected chi connectivity index (χ1v) is 10.9. The van der Waals surface area contributed by atoms with Crippen LogP contribution < -0.4 is 0 Å². The number of thiophene rings is 1. The first kappa shape index (κ1) is 18.0. The standard InChI is InChI=1S/C13H16ClN3O4S3/c14-10-1-2-12(23-10)24(20,21)17-5-3-15(4-6-17)11(18)9-16-7-8-22-13(16)19/h1-2H,3-9H2. The number of rotatable bonds is 4. The molecule has 0 radical (unpaired) electrons. The lowest BCUT2D eigenvalue weighted by molar-refractivity contribution is -0.132. The Hall–Kier alpha value is -0.810. The van der Waals surface area contributed by atoms with E-state index >= 15 is 0 Å². The van der Waals surface area contributed by atoms with E-state index in [1.807, 2.05) is 0 Å². The summed E-state index contributed by atoms with van der Waals surface area (Å²) in [4.78, 5) is 27.0. The summed E-state index contributed by atoms with van der Waals surface area (Å²) in [5.74, 6) is 0.573. The van der Waals surface area contributed by atoms with Crippen LogP contribution in [0.4, 0.5) is 4.79 Å². The van der Waals surface area contributed by atoms with Crippen LogP contribution in [0.5, 0.6) is 0 Å². The second kappa shape index (κ2) is 7.20. The lowest BCUT2D eigenvalue weighted by Crippen LogP contribution is -2.52. The number of hydrogen-bond acceptors (Lipinski definition) is 6. The Kier molecular flexibility index (Phi) is 5.40. The number of sulfonamides is 1. The number of halogens is 1. The second-order valence-corrected chi connectivity index (χ2v) is 10.3. The maximum absolute atomic E-state index is 12.5. The number of piperazine rings is 1. The zero-order valence-corrected chi connectivity index (χ0v) is 15.9. The molecule has 0 atom stereocenters. The van der Waals surface area contributed by atoms with Gasteiger partial charge in [-0.1, -0.05) is 23.4 Å². The molecule has 11 heteroatoms. The van der Waals surface area contributed by atoms with Gasteiger partial charge in [0.05, 0.1) is 4.34 Å². The molecule has 0 spiro atoms. The van der Waals surface area contributed by atoms with Crippen LogP contribution >= 0.6 is 34.7 Å². The van der Waals surface area contributed by atoms with Crippen LogP contribution in [0.15, 0.2) is 16.3 Å². The molecule has 1 aromatic rings. The highest BCUT2D eigenvalue weighted by molar-refractivity contribution is 8.13. The molecular formula is C13H16ClN3O4S3. The average molecular weight is 410 g/mol. The van der Waals surface area contributed by atoms with Gasteiger partial charge in [-0.25, -0.2) is 8.42 Å². The molecule has 2 saturated heterocycles. The largest absolute Gasteiger partial charge is 0.339 e. The van der Waals surface area contributed by atoms with E-state index in [9.17, 15) is 18.0 Å². The normalized spacial score (nSPS) is 20.0. The number of carbonyl (C=O) groups is 2. The summed E-state index contributed by atoms with van der Waals surface area (Å²) in [6, 6.07) is 3.06. The summed E-state index contributed by atoms with van der Waals surface area (Å²) >= 11 is 8.05. The molecule has 0 aromatic carbocycles. The summed E-state index contributed by atoms with van der Waals surface area (Å²) < 4.78 is 27.0. The van der Waals surface area contributed by atoms with Crippen molar-refractivity contribution in [2.24, 2.45) is 0 Å². The summed E-state index contributed by atoms with van der Waals surface area (Å²) in [5, 5.41) is -0.0702. The van der Waals surface area contributed by atoms with E-state index in [1.54, 1.807) is 11.0 Å². The van der Waals surface area contributed by atoms with Crippen LogP contribution in [0.1, 0.15) is 0 Å². The SMILES string of the molecule is O=C(CN1CCSC1=O)N1CCN(S(=O)(=O)c2ccc(Cl)s2)CC1. The Labute approximate surface area is 153 Å². The Bertz CT molecular complexity index is 743. The van der Waals surface area contributed by atoms with Gasteiger partial charge < -0.3 is 9.80 Å². The zero-order chi connectivity index (χ0) is 17.3. The zero-order valence-electron chi connectivity index (χ0n) is 12.7. The van der Waals surface area contributed by atoms with Crippen molar-refractivity contribution in [3.05, 3.63) is 16.5 Å². The number of amides is 2. The Morgan fingerprint density at radius 2 is 1.88 bits per heavy atom. The van der Waals surface area contributed by atoms with Crippen molar-refractivity contribution in [2.75, 3.05) is 45.0 Å². The highest BCUT2D eigenvalue weighted by Gasteiger charge is 2.32. The molecule has 2 amide bonds. The van der Waals surface area contributed by atoms with Gasteiger partial charge in [0.1, 0.15) is 10.8 Å². The lowest BCUT2D eigenvalue weighted by Gasteiger charge is -2.34. The fraction of sp³-hybridized carbons (Fsp3) is 0.538. The summed E-state index contributed by atoms with van der Waals surface area (Å²) in [6.45, 7) is 1.79. The van der Waals surface area contributed by atoms with Crippen molar-refractivity contribution in [1.29, 1.82) is 0 Å². The van der Waals surface area contributed by atoms with Gasteiger partial charge in [0.25, 0.3) is 15.3 Å². The van der Waals surface area contributed by atoms with E-state index in [4.69, 9.17) is 11.6 Å². The lowest BCUT2D eigenvalue weighted by atomic mass is 10.3. The van der Waals surface area contributed by atoms with E-state index in [0.717, 1.165) is 11.3 Å². The minimum atomic E-state index is -3.56. The van der Waals surface area contributed by atoms with Crippen LogP contribution in [0.2, 0.25) is 4.34 Å². The maximum atomic E-state index is 12.5. The summed E-state index contributed by atoms with van der Waals surface area (Å²) in [7, 11) is -3.56. The topological polar surface area (TPSA) is 78.0 Å². The average Bonchev–Trinajstić information content (AvgIpc) is 3.17. The molecule has 2 aliphatic heterocycles. The Balaban J connectivity index is 1.57. The van der Waals surface area contributed by atoms with E-state index in [1.165, 1.54) is 27.0 Å². The highest BCUT2D eigenvalue weighted by atomic mass is 35.5. The quantitative estimate of drug-likeness (QED) is 0.751.